The summed E-state index contributed by atoms with van der Waals surface area (Å²) in [7, 11) is 0. The zero-order valence-corrected chi connectivity index (χ0v) is 15.3. The summed E-state index contributed by atoms with van der Waals surface area (Å²) in [6.07, 6.45) is 3.55. The molecule has 1 aliphatic rings. The molecule has 9 heteroatoms. The molecule has 0 N–H and O–H groups in total. The van der Waals surface area contributed by atoms with E-state index in [-0.39, 0.29) is 0 Å². The summed E-state index contributed by atoms with van der Waals surface area (Å²) in [6.45, 7) is 6.80. The van der Waals surface area contributed by atoms with Crippen molar-refractivity contribution < 1.29 is 4.74 Å². The number of piperazine rings is 1. The van der Waals surface area contributed by atoms with Gasteiger partial charge in [-0.05, 0) is 42.5 Å². The maximum atomic E-state index is 5.46. The molecule has 0 atom stereocenters. The van der Waals surface area contributed by atoms with Crippen molar-refractivity contribution in [1.82, 2.24) is 35.1 Å². The molecule has 1 saturated heterocycles. The smallest absolute Gasteiger partial charge is 0.225 e. The first-order valence-corrected chi connectivity index (χ1v) is 9.07. The molecule has 0 unspecified atom stereocenters. The van der Waals surface area contributed by atoms with Gasteiger partial charge >= 0.3 is 0 Å². The number of benzene rings is 1. The van der Waals surface area contributed by atoms with E-state index >= 15 is 0 Å². The first-order chi connectivity index (χ1) is 13.3. The number of hydrogen-bond acceptors (Lipinski definition) is 8. The van der Waals surface area contributed by atoms with E-state index in [4.69, 9.17) is 4.74 Å². The van der Waals surface area contributed by atoms with Crippen molar-refractivity contribution >= 4 is 5.95 Å². The van der Waals surface area contributed by atoms with E-state index in [0.29, 0.717) is 19.1 Å². The van der Waals surface area contributed by atoms with Crippen LogP contribution in [0.5, 0.6) is 5.75 Å². The highest BCUT2D eigenvalue weighted by Gasteiger charge is 2.19. The van der Waals surface area contributed by atoms with Crippen LogP contribution in [-0.4, -0.2) is 67.9 Å². The van der Waals surface area contributed by atoms with Gasteiger partial charge in [-0.15, -0.1) is 15.0 Å². The average molecular weight is 366 g/mol. The Labute approximate surface area is 157 Å². The highest BCUT2D eigenvalue weighted by atomic mass is 16.5. The molecule has 4 rings (SSSR count). The van der Waals surface area contributed by atoms with Gasteiger partial charge in [0.25, 0.3) is 0 Å². The number of rotatable bonds is 6. The summed E-state index contributed by atoms with van der Waals surface area (Å²) in [4.78, 5) is 14.8. The fraction of sp³-hybridized carbons (Fsp3) is 0.389. The van der Waals surface area contributed by atoms with Gasteiger partial charge in [0.1, 0.15) is 12.4 Å². The van der Waals surface area contributed by atoms with Crippen molar-refractivity contribution in [2.75, 3.05) is 37.7 Å². The van der Waals surface area contributed by atoms with Crippen LogP contribution >= 0.6 is 0 Å². The number of tetrazole rings is 1. The largest absolute Gasteiger partial charge is 0.494 e. The minimum atomic E-state index is 0.619. The van der Waals surface area contributed by atoms with Gasteiger partial charge < -0.3 is 9.64 Å². The minimum absolute atomic E-state index is 0.619. The molecule has 2 aromatic heterocycles. The van der Waals surface area contributed by atoms with Crippen LogP contribution in [0.2, 0.25) is 0 Å². The van der Waals surface area contributed by atoms with Crippen molar-refractivity contribution in [3.05, 3.63) is 42.7 Å². The Hall–Kier alpha value is -3.07. The summed E-state index contributed by atoms with van der Waals surface area (Å²) >= 11 is 0. The zero-order valence-electron chi connectivity index (χ0n) is 15.3. The maximum Gasteiger partial charge on any atom is 0.225 e. The lowest BCUT2D eigenvalue weighted by molar-refractivity contribution is 0.181. The van der Waals surface area contributed by atoms with Crippen LogP contribution < -0.4 is 9.64 Å². The van der Waals surface area contributed by atoms with Gasteiger partial charge in [-0.2, -0.15) is 0 Å². The number of aromatic nitrogens is 6. The summed E-state index contributed by atoms with van der Waals surface area (Å²) in [5.41, 5.74) is 0.927. The topological polar surface area (TPSA) is 85.1 Å². The van der Waals surface area contributed by atoms with E-state index in [1.165, 1.54) is 0 Å². The van der Waals surface area contributed by atoms with E-state index in [9.17, 15) is 0 Å². The van der Waals surface area contributed by atoms with Gasteiger partial charge in [0.2, 0.25) is 11.8 Å². The van der Waals surface area contributed by atoms with Crippen LogP contribution in [0.1, 0.15) is 6.92 Å². The number of ether oxygens (including phenoxy) is 1. The Morgan fingerprint density at radius 3 is 2.44 bits per heavy atom. The third-order valence-corrected chi connectivity index (χ3v) is 4.41. The molecule has 0 saturated carbocycles. The molecule has 3 aromatic rings. The van der Waals surface area contributed by atoms with Crippen LogP contribution in [0, 0.1) is 0 Å². The third-order valence-electron chi connectivity index (χ3n) is 4.41. The summed E-state index contributed by atoms with van der Waals surface area (Å²) < 4.78 is 5.46. The monoisotopic (exact) mass is 366 g/mol. The molecule has 0 spiro atoms. The first-order valence-electron chi connectivity index (χ1n) is 9.07. The molecule has 0 aliphatic carbocycles. The highest BCUT2D eigenvalue weighted by Crippen LogP contribution is 2.18. The van der Waals surface area contributed by atoms with Gasteiger partial charge in [-0.3, -0.25) is 4.90 Å². The van der Waals surface area contributed by atoms with Gasteiger partial charge in [0.15, 0.2) is 0 Å². The molecular formula is C18H22N8O. The minimum Gasteiger partial charge on any atom is -0.494 e. The molecule has 27 heavy (non-hydrogen) atoms. The van der Waals surface area contributed by atoms with E-state index < -0.39 is 0 Å². The highest BCUT2D eigenvalue weighted by molar-refractivity contribution is 5.55. The second-order valence-corrected chi connectivity index (χ2v) is 6.24. The fourth-order valence-electron chi connectivity index (χ4n) is 3.01. The van der Waals surface area contributed by atoms with Crippen molar-refractivity contribution in [3.63, 3.8) is 0 Å². The Morgan fingerprint density at radius 2 is 1.74 bits per heavy atom. The van der Waals surface area contributed by atoms with E-state index in [0.717, 1.165) is 43.4 Å². The Balaban J connectivity index is 1.33. The number of hydrogen-bond donors (Lipinski definition) is 0. The summed E-state index contributed by atoms with van der Waals surface area (Å²) in [6, 6.07) is 9.57. The average Bonchev–Trinajstić information content (AvgIpc) is 3.18. The van der Waals surface area contributed by atoms with Crippen LogP contribution in [0.3, 0.4) is 0 Å². The SMILES string of the molecule is CCOc1ccc(-c2nnn(CN3CCN(c4ncccn4)CC3)n2)cc1. The normalized spacial score (nSPS) is 15.1. The Bertz CT molecular complexity index is 843. The Kier molecular flexibility index (Phi) is 5.20. The second kappa shape index (κ2) is 8.09. The fourth-order valence-corrected chi connectivity index (χ4v) is 3.01. The zero-order chi connectivity index (χ0) is 18.5. The standard InChI is InChI=1S/C18H22N8O/c1-2-27-16-6-4-15(5-7-16)17-21-23-26(22-17)14-24-10-12-25(13-11-24)18-19-8-3-9-20-18/h3-9H,2,10-14H2,1H3. The lowest BCUT2D eigenvalue weighted by Gasteiger charge is -2.33. The quantitative estimate of drug-likeness (QED) is 0.646. The molecule has 1 aliphatic heterocycles. The maximum absolute atomic E-state index is 5.46. The lowest BCUT2D eigenvalue weighted by atomic mass is 10.2. The van der Waals surface area contributed by atoms with E-state index in [1.807, 2.05) is 37.3 Å². The van der Waals surface area contributed by atoms with Crippen LogP contribution in [0.4, 0.5) is 5.95 Å². The Morgan fingerprint density at radius 1 is 1.00 bits per heavy atom. The second-order valence-electron chi connectivity index (χ2n) is 6.24. The number of anilines is 1. The van der Waals surface area contributed by atoms with E-state index in [1.54, 1.807) is 17.2 Å². The van der Waals surface area contributed by atoms with E-state index in [2.05, 4.69) is 35.2 Å². The predicted octanol–water partition coefficient (Wildman–Crippen LogP) is 1.31. The van der Waals surface area contributed by atoms with Gasteiger partial charge in [0.05, 0.1) is 6.61 Å². The van der Waals surface area contributed by atoms with Gasteiger partial charge in [-0.25, -0.2) is 9.97 Å². The molecule has 0 amide bonds. The van der Waals surface area contributed by atoms with Crippen molar-refractivity contribution in [1.29, 1.82) is 0 Å². The van der Waals surface area contributed by atoms with Crippen molar-refractivity contribution in [2.45, 2.75) is 13.6 Å². The van der Waals surface area contributed by atoms with Gasteiger partial charge in [-0.1, -0.05) is 0 Å². The molecule has 9 nitrogen and oxygen atoms in total. The van der Waals surface area contributed by atoms with Crippen molar-refractivity contribution in [3.8, 4) is 17.1 Å². The summed E-state index contributed by atoms with van der Waals surface area (Å²) in [5, 5.41) is 12.9. The molecule has 0 bridgehead atoms. The molecule has 0 radical (unpaired) electrons. The van der Waals surface area contributed by atoms with Gasteiger partial charge in [0, 0.05) is 44.1 Å². The van der Waals surface area contributed by atoms with Crippen LogP contribution in [0.15, 0.2) is 42.7 Å². The first kappa shape index (κ1) is 17.3. The molecular weight excluding hydrogens is 344 g/mol. The number of nitrogens with zero attached hydrogens (tertiary/aromatic N) is 8. The molecule has 1 aromatic carbocycles. The van der Waals surface area contributed by atoms with Crippen molar-refractivity contribution in [2.24, 2.45) is 0 Å². The summed E-state index contributed by atoms with van der Waals surface area (Å²) in [5.74, 6) is 2.25. The molecule has 3 heterocycles. The lowest BCUT2D eigenvalue weighted by Crippen LogP contribution is -2.47. The third kappa shape index (κ3) is 4.20. The van der Waals surface area contributed by atoms with Crippen LogP contribution in [0.25, 0.3) is 11.4 Å². The van der Waals surface area contributed by atoms with Crippen LogP contribution in [-0.2, 0) is 6.67 Å². The predicted molar refractivity (Wildman–Crippen MR) is 100 cm³/mol. The molecule has 1 fully saturated rings. The molecule has 140 valence electrons.